The average molecular weight is 483 g/mol. The molecule has 0 spiro atoms. The molecule has 0 radical (unpaired) electrons. The van der Waals surface area contributed by atoms with Crippen LogP contribution in [0.15, 0.2) is 63.1 Å². The number of carbonyl (C=O) groups is 2. The minimum Gasteiger partial charge on any atom is -0.507 e. The first-order chi connectivity index (χ1) is 14.8. The first-order valence-corrected chi connectivity index (χ1v) is 10.3. The molecule has 1 aliphatic heterocycles. The summed E-state index contributed by atoms with van der Waals surface area (Å²) in [6.45, 7) is 3.53. The van der Waals surface area contributed by atoms with Crippen LogP contribution in [0, 0.1) is 13.8 Å². The van der Waals surface area contributed by atoms with E-state index in [2.05, 4.69) is 21.1 Å². The summed E-state index contributed by atoms with van der Waals surface area (Å²) in [6.07, 6.45) is 0. The molecule has 1 amide bonds. The second-order valence-electron chi connectivity index (χ2n) is 7.20. The van der Waals surface area contributed by atoms with E-state index in [9.17, 15) is 14.7 Å². The molecule has 7 nitrogen and oxygen atoms in total. The van der Waals surface area contributed by atoms with Crippen molar-refractivity contribution < 1.29 is 24.0 Å². The lowest BCUT2D eigenvalue weighted by atomic mass is 9.95. The van der Waals surface area contributed by atoms with Crippen molar-refractivity contribution in [3.05, 3.63) is 81.0 Å². The van der Waals surface area contributed by atoms with E-state index < -0.39 is 17.7 Å². The van der Waals surface area contributed by atoms with Crippen LogP contribution in [0.5, 0.6) is 5.75 Å². The molecule has 8 heteroatoms. The summed E-state index contributed by atoms with van der Waals surface area (Å²) >= 11 is 3.40. The second-order valence-corrected chi connectivity index (χ2v) is 8.12. The van der Waals surface area contributed by atoms with Crippen molar-refractivity contribution in [3.8, 4) is 5.75 Å². The summed E-state index contributed by atoms with van der Waals surface area (Å²) in [5.74, 6) is -0.485. The SMILES string of the molecule is COc1ccc(C(O)=C2C(=O)C(=O)N(c3cc(C)on3)C2c2ccc(Br)cc2)cc1C. The summed E-state index contributed by atoms with van der Waals surface area (Å²) in [5, 5.41) is 15.1. The molecule has 3 aromatic rings. The number of ketones is 1. The van der Waals surface area contributed by atoms with Crippen molar-refractivity contribution in [1.82, 2.24) is 5.16 Å². The minimum absolute atomic E-state index is 0.0162. The van der Waals surface area contributed by atoms with E-state index in [0.29, 0.717) is 22.6 Å². The minimum atomic E-state index is -0.861. The predicted molar refractivity (Wildman–Crippen MR) is 118 cm³/mol. The van der Waals surface area contributed by atoms with Crippen LogP contribution in [-0.4, -0.2) is 29.1 Å². The van der Waals surface area contributed by atoms with Crippen molar-refractivity contribution in [2.45, 2.75) is 19.9 Å². The number of ether oxygens (including phenoxy) is 1. The Labute approximate surface area is 187 Å². The van der Waals surface area contributed by atoms with Crippen LogP contribution < -0.4 is 9.64 Å². The molecule has 1 N–H and O–H groups in total. The molecule has 2 heterocycles. The summed E-state index contributed by atoms with van der Waals surface area (Å²) < 4.78 is 11.2. The largest absolute Gasteiger partial charge is 0.507 e. The lowest BCUT2D eigenvalue weighted by Gasteiger charge is -2.23. The standard InChI is InChI=1S/C23H19BrN2O5/c1-12-10-15(6-9-17(12)30-3)21(27)19-20(14-4-7-16(24)8-5-14)26(23(29)22(19)28)18-11-13(2)31-25-18/h4-11,20,27H,1-3H3. The Balaban J connectivity index is 1.93. The number of hydrogen-bond acceptors (Lipinski definition) is 6. The molecular weight excluding hydrogens is 464 g/mol. The highest BCUT2D eigenvalue weighted by atomic mass is 79.9. The Morgan fingerprint density at radius 3 is 2.42 bits per heavy atom. The number of methoxy groups -OCH3 is 1. The highest BCUT2D eigenvalue weighted by Gasteiger charge is 2.48. The zero-order valence-corrected chi connectivity index (χ0v) is 18.6. The Morgan fingerprint density at radius 2 is 1.84 bits per heavy atom. The maximum Gasteiger partial charge on any atom is 0.301 e. The van der Waals surface area contributed by atoms with Gasteiger partial charge in [0.05, 0.1) is 18.7 Å². The molecule has 4 rings (SSSR count). The molecule has 1 aromatic heterocycles. The normalized spacial score (nSPS) is 17.9. The number of aliphatic hydroxyl groups is 1. The van der Waals surface area contributed by atoms with Crippen LogP contribution in [0.4, 0.5) is 5.82 Å². The smallest absolute Gasteiger partial charge is 0.301 e. The Bertz CT molecular complexity index is 1210. The molecule has 31 heavy (non-hydrogen) atoms. The maximum atomic E-state index is 13.1. The number of benzene rings is 2. The van der Waals surface area contributed by atoms with Crippen molar-refractivity contribution in [3.63, 3.8) is 0 Å². The Kier molecular flexibility index (Phi) is 5.41. The van der Waals surface area contributed by atoms with Crippen LogP contribution in [0.3, 0.4) is 0 Å². The second kappa shape index (κ2) is 8.03. The van der Waals surface area contributed by atoms with Crippen molar-refractivity contribution >= 4 is 39.2 Å². The number of halogens is 1. The first kappa shape index (κ1) is 20.9. The number of nitrogens with zero attached hydrogens (tertiary/aromatic N) is 2. The lowest BCUT2D eigenvalue weighted by Crippen LogP contribution is -2.29. The van der Waals surface area contributed by atoms with Gasteiger partial charge in [0.1, 0.15) is 17.3 Å². The van der Waals surface area contributed by atoms with E-state index in [1.54, 1.807) is 62.6 Å². The number of aryl methyl sites for hydroxylation is 2. The van der Waals surface area contributed by atoms with Crippen LogP contribution in [0.1, 0.15) is 28.5 Å². The monoisotopic (exact) mass is 482 g/mol. The first-order valence-electron chi connectivity index (χ1n) is 9.46. The molecule has 1 fully saturated rings. The number of hydrogen-bond donors (Lipinski definition) is 1. The highest BCUT2D eigenvalue weighted by molar-refractivity contribution is 9.10. The fraction of sp³-hybridized carbons (Fsp3) is 0.174. The molecule has 2 aromatic carbocycles. The van der Waals surface area contributed by atoms with Gasteiger partial charge in [0.15, 0.2) is 5.82 Å². The molecule has 0 saturated carbocycles. The number of rotatable bonds is 4. The molecule has 1 atom stereocenters. The van der Waals surface area contributed by atoms with E-state index in [0.717, 1.165) is 10.0 Å². The fourth-order valence-electron chi connectivity index (χ4n) is 3.68. The molecule has 0 bridgehead atoms. The topological polar surface area (TPSA) is 92.9 Å². The van der Waals surface area contributed by atoms with Crippen molar-refractivity contribution in [2.75, 3.05) is 12.0 Å². The van der Waals surface area contributed by atoms with Gasteiger partial charge in [0, 0.05) is 16.1 Å². The van der Waals surface area contributed by atoms with Gasteiger partial charge in [-0.15, -0.1) is 0 Å². The summed E-state index contributed by atoms with van der Waals surface area (Å²) in [7, 11) is 1.56. The van der Waals surface area contributed by atoms with Crippen molar-refractivity contribution in [2.24, 2.45) is 0 Å². The van der Waals surface area contributed by atoms with Gasteiger partial charge < -0.3 is 14.4 Å². The number of anilines is 1. The Morgan fingerprint density at radius 1 is 1.13 bits per heavy atom. The lowest BCUT2D eigenvalue weighted by molar-refractivity contribution is -0.132. The quantitative estimate of drug-likeness (QED) is 0.329. The van der Waals surface area contributed by atoms with E-state index in [4.69, 9.17) is 9.26 Å². The van der Waals surface area contributed by atoms with Crippen LogP contribution in [0.2, 0.25) is 0 Å². The zero-order chi connectivity index (χ0) is 22.3. The van der Waals surface area contributed by atoms with Gasteiger partial charge in [0.25, 0.3) is 5.78 Å². The summed E-state index contributed by atoms with van der Waals surface area (Å²) in [4.78, 5) is 27.3. The van der Waals surface area contributed by atoms with Gasteiger partial charge in [-0.25, -0.2) is 0 Å². The average Bonchev–Trinajstić information content (AvgIpc) is 3.29. The third kappa shape index (κ3) is 3.63. The van der Waals surface area contributed by atoms with Gasteiger partial charge in [-0.05, 0) is 55.3 Å². The van der Waals surface area contributed by atoms with Gasteiger partial charge in [-0.2, -0.15) is 0 Å². The molecular formula is C23H19BrN2O5. The molecule has 1 aliphatic rings. The van der Waals surface area contributed by atoms with Crippen LogP contribution in [0.25, 0.3) is 5.76 Å². The number of aliphatic hydroxyl groups excluding tert-OH is 1. The Hall–Kier alpha value is -3.39. The molecule has 158 valence electrons. The van der Waals surface area contributed by atoms with Crippen LogP contribution in [-0.2, 0) is 9.59 Å². The number of Topliss-reactive ketones (excluding diaryl/α,β-unsaturated/α-hetero) is 1. The highest BCUT2D eigenvalue weighted by Crippen LogP contribution is 2.42. The molecule has 1 saturated heterocycles. The van der Waals surface area contributed by atoms with E-state index >= 15 is 0 Å². The number of aromatic nitrogens is 1. The van der Waals surface area contributed by atoms with Gasteiger partial charge >= 0.3 is 5.91 Å². The van der Waals surface area contributed by atoms with E-state index in [1.807, 2.05) is 6.92 Å². The third-order valence-electron chi connectivity index (χ3n) is 5.16. The van der Waals surface area contributed by atoms with Gasteiger partial charge in [0.2, 0.25) is 0 Å². The summed E-state index contributed by atoms with van der Waals surface area (Å²) in [6, 6.07) is 13.0. The van der Waals surface area contributed by atoms with E-state index in [1.165, 1.54) is 4.90 Å². The third-order valence-corrected chi connectivity index (χ3v) is 5.69. The number of amides is 1. The van der Waals surface area contributed by atoms with Crippen LogP contribution >= 0.6 is 15.9 Å². The summed E-state index contributed by atoms with van der Waals surface area (Å²) in [5.41, 5.74) is 1.83. The zero-order valence-electron chi connectivity index (χ0n) is 17.0. The maximum absolute atomic E-state index is 13.1. The fourth-order valence-corrected chi connectivity index (χ4v) is 3.94. The van der Waals surface area contributed by atoms with Gasteiger partial charge in [-0.3, -0.25) is 14.5 Å². The molecule has 1 unspecified atom stereocenters. The van der Waals surface area contributed by atoms with Crippen molar-refractivity contribution in [1.29, 1.82) is 0 Å². The van der Waals surface area contributed by atoms with Gasteiger partial charge in [-0.1, -0.05) is 33.2 Å². The van der Waals surface area contributed by atoms with E-state index in [-0.39, 0.29) is 17.2 Å². The number of carbonyl (C=O) groups excluding carboxylic acids is 2. The predicted octanol–water partition coefficient (Wildman–Crippen LogP) is 4.69. The molecule has 0 aliphatic carbocycles.